The lowest BCUT2D eigenvalue weighted by molar-refractivity contribution is -0.134. The number of hydrogen-bond donors (Lipinski definition) is 1. The first-order valence-corrected chi connectivity index (χ1v) is 13.4. The molecule has 190 valence electrons. The van der Waals surface area contributed by atoms with Gasteiger partial charge in [0.1, 0.15) is 11.6 Å². The van der Waals surface area contributed by atoms with Crippen molar-refractivity contribution in [1.29, 1.82) is 0 Å². The Morgan fingerprint density at radius 3 is 2.72 bits per heavy atom. The molecule has 3 aromatic rings. The lowest BCUT2D eigenvalue weighted by atomic mass is 9.78. The Kier molecular flexibility index (Phi) is 6.29. The van der Waals surface area contributed by atoms with Gasteiger partial charge in [0, 0.05) is 55.5 Å². The molecule has 0 radical (unpaired) electrons. The zero-order chi connectivity index (χ0) is 24.6. The Labute approximate surface area is 212 Å². The quantitative estimate of drug-likeness (QED) is 0.560. The highest BCUT2D eigenvalue weighted by Crippen LogP contribution is 2.37. The Morgan fingerprint density at radius 2 is 1.86 bits per heavy atom. The largest absolute Gasteiger partial charge is 0.493 e. The van der Waals surface area contributed by atoms with E-state index in [0.717, 1.165) is 92.2 Å². The molecule has 4 heterocycles. The van der Waals surface area contributed by atoms with Crippen LogP contribution >= 0.6 is 0 Å². The first-order valence-electron chi connectivity index (χ1n) is 13.4. The van der Waals surface area contributed by atoms with Crippen molar-refractivity contribution < 1.29 is 9.53 Å². The minimum atomic E-state index is -0.0346. The molecule has 8 heteroatoms. The molecule has 36 heavy (non-hydrogen) atoms. The number of carbonyl (C=O) groups is 1. The molecule has 2 fully saturated rings. The van der Waals surface area contributed by atoms with Gasteiger partial charge < -0.3 is 20.3 Å². The molecule has 1 unspecified atom stereocenters. The van der Waals surface area contributed by atoms with Crippen molar-refractivity contribution in [2.45, 2.75) is 69.4 Å². The molecule has 8 nitrogen and oxygen atoms in total. The number of piperidine rings is 1. The molecule has 1 saturated heterocycles. The summed E-state index contributed by atoms with van der Waals surface area (Å²) >= 11 is 0. The van der Waals surface area contributed by atoms with Crippen LogP contribution in [0, 0.1) is 0 Å². The second-order valence-corrected chi connectivity index (χ2v) is 10.7. The highest BCUT2D eigenvalue weighted by Gasteiger charge is 2.33. The lowest BCUT2D eigenvalue weighted by Gasteiger charge is -2.35. The fourth-order valence-corrected chi connectivity index (χ4v) is 5.88. The normalized spacial score (nSPS) is 25.3. The number of nitrogens with zero attached hydrogens (tertiary/aromatic N) is 5. The van der Waals surface area contributed by atoms with Crippen LogP contribution in [0.4, 0.5) is 5.82 Å². The Bertz CT molecular complexity index is 1250. The van der Waals surface area contributed by atoms with E-state index in [-0.39, 0.29) is 18.0 Å². The average Bonchev–Trinajstić information content (AvgIpc) is 3.30. The third kappa shape index (κ3) is 4.43. The maximum absolute atomic E-state index is 13.6. The third-order valence-electron chi connectivity index (χ3n) is 8.06. The van der Waals surface area contributed by atoms with E-state index in [1.54, 1.807) is 0 Å². The van der Waals surface area contributed by atoms with Crippen molar-refractivity contribution in [2.75, 3.05) is 31.6 Å². The van der Waals surface area contributed by atoms with Crippen molar-refractivity contribution >= 4 is 17.4 Å². The van der Waals surface area contributed by atoms with Crippen LogP contribution in [0.5, 0.6) is 5.75 Å². The van der Waals surface area contributed by atoms with Gasteiger partial charge in [-0.2, -0.15) is 9.61 Å². The summed E-state index contributed by atoms with van der Waals surface area (Å²) in [6.45, 7) is 2.29. The first kappa shape index (κ1) is 23.3. The summed E-state index contributed by atoms with van der Waals surface area (Å²) in [6.07, 6.45) is 7.27. The highest BCUT2D eigenvalue weighted by molar-refractivity contribution is 5.80. The van der Waals surface area contributed by atoms with E-state index in [4.69, 9.17) is 20.6 Å². The zero-order valence-corrected chi connectivity index (χ0v) is 21.1. The minimum absolute atomic E-state index is 0.0346. The van der Waals surface area contributed by atoms with Crippen LogP contribution in [0.1, 0.15) is 73.9 Å². The van der Waals surface area contributed by atoms with Crippen LogP contribution in [-0.4, -0.2) is 58.2 Å². The number of rotatable bonds is 1. The standard InChI is InChI=1S/C28H36N6O2/c1-32-11-6-7-13-36-25-10-3-2-8-19(25)16-28(35)33-12-5-4-9-24(33)23-17-26-30-22(20-14-21(29)15-20)18-27(32)34(26)31-23/h2-3,8,10,17-18,20-21,24H,4-7,9,11-16,29H2,1H3. The maximum atomic E-state index is 13.6. The van der Waals surface area contributed by atoms with Gasteiger partial charge >= 0.3 is 0 Å². The molecular weight excluding hydrogens is 452 g/mol. The number of anilines is 1. The average molecular weight is 489 g/mol. The van der Waals surface area contributed by atoms with E-state index in [0.29, 0.717) is 18.9 Å². The van der Waals surface area contributed by atoms with Crippen molar-refractivity contribution in [1.82, 2.24) is 19.5 Å². The molecule has 0 spiro atoms. The number of carbonyl (C=O) groups excluding carboxylic acids is 1. The predicted octanol–water partition coefficient (Wildman–Crippen LogP) is 3.84. The van der Waals surface area contributed by atoms with Crippen molar-refractivity contribution in [3.63, 3.8) is 0 Å². The van der Waals surface area contributed by atoms with Crippen LogP contribution in [0.3, 0.4) is 0 Å². The maximum Gasteiger partial charge on any atom is 0.227 e. The number of fused-ring (bicyclic) bond motifs is 4. The number of amides is 1. The molecule has 2 aliphatic heterocycles. The molecule has 1 amide bonds. The fraction of sp³-hybridized carbons (Fsp3) is 0.536. The lowest BCUT2D eigenvalue weighted by Crippen LogP contribution is -2.39. The van der Waals surface area contributed by atoms with Gasteiger partial charge in [-0.05, 0) is 51.0 Å². The first-order chi connectivity index (χ1) is 17.6. The Hall–Kier alpha value is -3.13. The van der Waals surface area contributed by atoms with Gasteiger partial charge in [0.2, 0.25) is 5.91 Å². The Balaban J connectivity index is 1.41. The second kappa shape index (κ2) is 9.73. The molecule has 1 aliphatic carbocycles. The Morgan fingerprint density at radius 1 is 1.03 bits per heavy atom. The van der Waals surface area contributed by atoms with E-state index in [9.17, 15) is 4.79 Å². The topological polar surface area (TPSA) is 89.0 Å². The van der Waals surface area contributed by atoms with Crippen LogP contribution in [0.25, 0.3) is 5.65 Å². The summed E-state index contributed by atoms with van der Waals surface area (Å²) in [5, 5.41) is 5.07. The van der Waals surface area contributed by atoms with Crippen molar-refractivity contribution in [2.24, 2.45) is 5.73 Å². The monoisotopic (exact) mass is 488 g/mol. The predicted molar refractivity (Wildman–Crippen MR) is 139 cm³/mol. The summed E-state index contributed by atoms with van der Waals surface area (Å²) < 4.78 is 8.12. The molecule has 2 aromatic heterocycles. The zero-order valence-electron chi connectivity index (χ0n) is 21.1. The molecule has 1 saturated carbocycles. The van der Waals surface area contributed by atoms with Gasteiger partial charge in [0.25, 0.3) is 0 Å². The van der Waals surface area contributed by atoms with E-state index >= 15 is 0 Å². The summed E-state index contributed by atoms with van der Waals surface area (Å²) in [5.74, 6) is 2.41. The highest BCUT2D eigenvalue weighted by atomic mass is 16.5. The number of nitrogens with two attached hydrogens (primary N) is 1. The van der Waals surface area contributed by atoms with E-state index in [1.165, 1.54) is 0 Å². The van der Waals surface area contributed by atoms with Crippen LogP contribution in [0.15, 0.2) is 36.4 Å². The van der Waals surface area contributed by atoms with Crippen LogP contribution in [-0.2, 0) is 11.2 Å². The summed E-state index contributed by atoms with van der Waals surface area (Å²) in [6, 6.07) is 12.5. The third-order valence-corrected chi connectivity index (χ3v) is 8.06. The molecule has 2 bridgehead atoms. The van der Waals surface area contributed by atoms with E-state index in [1.807, 2.05) is 33.7 Å². The molecule has 2 N–H and O–H groups in total. The van der Waals surface area contributed by atoms with Gasteiger partial charge in [-0.25, -0.2) is 4.98 Å². The van der Waals surface area contributed by atoms with Crippen LogP contribution in [0.2, 0.25) is 0 Å². The molecular formula is C28H36N6O2. The summed E-state index contributed by atoms with van der Waals surface area (Å²) in [5.41, 5.74) is 9.96. The van der Waals surface area contributed by atoms with Gasteiger partial charge in [-0.1, -0.05) is 18.2 Å². The summed E-state index contributed by atoms with van der Waals surface area (Å²) in [7, 11) is 2.13. The molecule has 1 aromatic carbocycles. The number of aromatic nitrogens is 3. The van der Waals surface area contributed by atoms with Gasteiger partial charge in [-0.3, -0.25) is 4.79 Å². The molecule has 1 atom stereocenters. The second-order valence-electron chi connectivity index (χ2n) is 10.7. The van der Waals surface area contributed by atoms with Gasteiger partial charge in [0.05, 0.1) is 24.8 Å². The number of para-hydroxylation sites is 1. The molecule has 3 aliphatic rings. The van der Waals surface area contributed by atoms with E-state index < -0.39 is 0 Å². The molecule has 6 rings (SSSR count). The number of ether oxygens (including phenoxy) is 1. The van der Waals surface area contributed by atoms with Gasteiger partial charge in [-0.15, -0.1) is 0 Å². The van der Waals surface area contributed by atoms with Gasteiger partial charge in [0.15, 0.2) is 5.65 Å². The number of hydrogen-bond acceptors (Lipinski definition) is 6. The van der Waals surface area contributed by atoms with E-state index in [2.05, 4.69) is 24.1 Å². The summed E-state index contributed by atoms with van der Waals surface area (Å²) in [4.78, 5) is 22.9. The SMILES string of the molecule is CN1CCCCOc2ccccc2CC(=O)N2CCCCC2c2cc3nc(C4CC(N)C4)cc1n3n2. The van der Waals surface area contributed by atoms with Crippen molar-refractivity contribution in [3.05, 3.63) is 53.3 Å². The smallest absolute Gasteiger partial charge is 0.227 e. The fourth-order valence-electron chi connectivity index (χ4n) is 5.88. The number of benzene rings is 1. The van der Waals surface area contributed by atoms with Crippen molar-refractivity contribution in [3.8, 4) is 5.75 Å². The van der Waals surface area contributed by atoms with Crippen LogP contribution < -0.4 is 15.4 Å². The minimum Gasteiger partial charge on any atom is -0.493 e.